The monoisotopic (exact) mass is 297 g/mol. The zero-order valence-electron chi connectivity index (χ0n) is 13.4. The van der Waals surface area contributed by atoms with Crippen LogP contribution in [0.3, 0.4) is 0 Å². The topological polar surface area (TPSA) is 68.0 Å². The summed E-state index contributed by atoms with van der Waals surface area (Å²) >= 11 is 1.64. The molecule has 1 amide bonds. The van der Waals surface area contributed by atoms with E-state index in [0.717, 1.165) is 22.0 Å². The van der Waals surface area contributed by atoms with Crippen molar-refractivity contribution < 1.29 is 4.79 Å². The molecular formula is C15H27N3OS. The third-order valence-electron chi connectivity index (χ3n) is 3.21. The first kappa shape index (κ1) is 17.1. The zero-order valence-corrected chi connectivity index (χ0v) is 14.2. The van der Waals surface area contributed by atoms with Crippen molar-refractivity contribution in [2.45, 2.75) is 54.0 Å². The molecular weight excluding hydrogens is 270 g/mol. The summed E-state index contributed by atoms with van der Waals surface area (Å²) in [6, 6.07) is -0.0114. The summed E-state index contributed by atoms with van der Waals surface area (Å²) in [5.41, 5.74) is 6.86. The summed E-state index contributed by atoms with van der Waals surface area (Å²) in [4.78, 5) is 17.9. The van der Waals surface area contributed by atoms with Crippen molar-refractivity contribution in [2.75, 3.05) is 6.54 Å². The minimum atomic E-state index is -0.133. The predicted octanol–water partition coefficient (Wildman–Crippen LogP) is 2.95. The van der Waals surface area contributed by atoms with E-state index in [1.165, 1.54) is 0 Å². The van der Waals surface area contributed by atoms with E-state index in [1.807, 2.05) is 20.8 Å². The van der Waals surface area contributed by atoms with E-state index in [2.05, 4.69) is 31.1 Å². The Kier molecular flexibility index (Phi) is 5.71. The number of amides is 1. The standard InChI is InChI=1S/C15H27N3OS/c1-9-13(20-11(3)17-9)10(2)18-14(19)12(8-16)7-15(4,5)6/h10,12H,7-8,16H2,1-6H3,(H,18,19). The summed E-state index contributed by atoms with van der Waals surface area (Å²) in [5, 5.41) is 4.11. The van der Waals surface area contributed by atoms with E-state index >= 15 is 0 Å². The fraction of sp³-hybridized carbons (Fsp3) is 0.733. The van der Waals surface area contributed by atoms with Crippen LogP contribution in [0.5, 0.6) is 0 Å². The van der Waals surface area contributed by atoms with E-state index in [1.54, 1.807) is 11.3 Å². The molecule has 0 aliphatic rings. The van der Waals surface area contributed by atoms with Gasteiger partial charge in [-0.2, -0.15) is 0 Å². The lowest BCUT2D eigenvalue weighted by molar-refractivity contribution is -0.126. The van der Waals surface area contributed by atoms with Crippen LogP contribution in [0.25, 0.3) is 0 Å². The Morgan fingerprint density at radius 3 is 2.40 bits per heavy atom. The molecule has 0 bridgehead atoms. The van der Waals surface area contributed by atoms with Crippen molar-refractivity contribution in [3.8, 4) is 0 Å². The van der Waals surface area contributed by atoms with Crippen molar-refractivity contribution in [2.24, 2.45) is 17.1 Å². The van der Waals surface area contributed by atoms with Crippen molar-refractivity contribution >= 4 is 17.2 Å². The first-order chi connectivity index (χ1) is 9.14. The predicted molar refractivity (Wildman–Crippen MR) is 84.8 cm³/mol. The van der Waals surface area contributed by atoms with Gasteiger partial charge >= 0.3 is 0 Å². The molecule has 0 aliphatic carbocycles. The van der Waals surface area contributed by atoms with Crippen LogP contribution in [0.2, 0.25) is 0 Å². The first-order valence-corrected chi connectivity index (χ1v) is 7.90. The van der Waals surface area contributed by atoms with Crippen LogP contribution in [0.1, 0.15) is 55.7 Å². The number of hydrogen-bond acceptors (Lipinski definition) is 4. The van der Waals surface area contributed by atoms with Gasteiger partial charge in [0.1, 0.15) is 0 Å². The molecule has 1 aromatic heterocycles. The number of hydrogen-bond donors (Lipinski definition) is 2. The summed E-state index contributed by atoms with van der Waals surface area (Å²) < 4.78 is 0. The highest BCUT2D eigenvalue weighted by Crippen LogP contribution is 2.27. The average Bonchev–Trinajstić information content (AvgIpc) is 2.64. The molecule has 0 aromatic carbocycles. The second-order valence-corrected chi connectivity index (χ2v) is 7.85. The normalized spacial score (nSPS) is 14.9. The molecule has 0 radical (unpaired) electrons. The van der Waals surface area contributed by atoms with Crippen molar-refractivity contribution in [3.63, 3.8) is 0 Å². The third-order valence-corrected chi connectivity index (χ3v) is 4.46. The number of thiazole rings is 1. The zero-order chi connectivity index (χ0) is 15.5. The lowest BCUT2D eigenvalue weighted by Gasteiger charge is -2.25. The number of aryl methyl sites for hydroxylation is 2. The smallest absolute Gasteiger partial charge is 0.224 e. The number of carbonyl (C=O) groups excluding carboxylic acids is 1. The second kappa shape index (κ2) is 6.68. The lowest BCUT2D eigenvalue weighted by Crippen LogP contribution is -2.38. The first-order valence-electron chi connectivity index (χ1n) is 7.08. The van der Waals surface area contributed by atoms with Crippen molar-refractivity contribution in [1.82, 2.24) is 10.3 Å². The largest absolute Gasteiger partial charge is 0.348 e. The maximum Gasteiger partial charge on any atom is 0.224 e. The molecule has 1 heterocycles. The SMILES string of the molecule is Cc1nc(C)c(C(C)NC(=O)C(CN)CC(C)(C)C)s1. The van der Waals surface area contributed by atoms with Crippen LogP contribution in [-0.2, 0) is 4.79 Å². The van der Waals surface area contributed by atoms with Gasteiger partial charge in [-0.1, -0.05) is 20.8 Å². The van der Waals surface area contributed by atoms with Crippen LogP contribution in [-0.4, -0.2) is 17.4 Å². The Balaban J connectivity index is 2.71. The Hall–Kier alpha value is -0.940. The molecule has 1 aromatic rings. The van der Waals surface area contributed by atoms with Gasteiger partial charge < -0.3 is 11.1 Å². The van der Waals surface area contributed by atoms with Gasteiger partial charge in [0.05, 0.1) is 22.7 Å². The molecule has 0 saturated carbocycles. The molecule has 0 fully saturated rings. The number of rotatable bonds is 5. The molecule has 2 unspecified atom stereocenters. The maximum absolute atomic E-state index is 12.3. The van der Waals surface area contributed by atoms with E-state index in [4.69, 9.17) is 5.73 Å². The highest BCUT2D eigenvalue weighted by molar-refractivity contribution is 7.11. The van der Waals surface area contributed by atoms with E-state index in [0.29, 0.717) is 6.54 Å². The molecule has 20 heavy (non-hydrogen) atoms. The van der Waals surface area contributed by atoms with Gasteiger partial charge in [0.15, 0.2) is 0 Å². The van der Waals surface area contributed by atoms with Crippen LogP contribution in [0.15, 0.2) is 0 Å². The Morgan fingerprint density at radius 2 is 2.00 bits per heavy atom. The number of carbonyl (C=O) groups is 1. The molecule has 4 nitrogen and oxygen atoms in total. The maximum atomic E-state index is 12.3. The molecule has 5 heteroatoms. The molecule has 0 aliphatic heterocycles. The second-order valence-electron chi connectivity index (χ2n) is 6.61. The van der Waals surface area contributed by atoms with Crippen LogP contribution in [0.4, 0.5) is 0 Å². The third kappa shape index (κ3) is 4.87. The van der Waals surface area contributed by atoms with Crippen LogP contribution >= 0.6 is 11.3 Å². The molecule has 1 rings (SSSR count). The minimum Gasteiger partial charge on any atom is -0.348 e. The number of nitrogens with one attached hydrogen (secondary N) is 1. The Bertz CT molecular complexity index is 462. The van der Waals surface area contributed by atoms with Gasteiger partial charge in [0.25, 0.3) is 0 Å². The highest BCUT2D eigenvalue weighted by Gasteiger charge is 2.25. The van der Waals surface area contributed by atoms with Gasteiger partial charge in [-0.05, 0) is 32.6 Å². The van der Waals surface area contributed by atoms with E-state index < -0.39 is 0 Å². The average molecular weight is 297 g/mol. The lowest BCUT2D eigenvalue weighted by atomic mass is 9.84. The van der Waals surface area contributed by atoms with Gasteiger partial charge in [-0.15, -0.1) is 11.3 Å². The quantitative estimate of drug-likeness (QED) is 0.878. The molecule has 0 spiro atoms. The van der Waals surface area contributed by atoms with Crippen molar-refractivity contribution in [3.05, 3.63) is 15.6 Å². The highest BCUT2D eigenvalue weighted by atomic mass is 32.1. The number of aromatic nitrogens is 1. The number of nitrogens with two attached hydrogens (primary N) is 1. The summed E-state index contributed by atoms with van der Waals surface area (Å²) in [7, 11) is 0. The van der Waals surface area contributed by atoms with E-state index in [9.17, 15) is 4.79 Å². The summed E-state index contributed by atoms with van der Waals surface area (Å²) in [6.07, 6.45) is 0.794. The Morgan fingerprint density at radius 1 is 1.40 bits per heavy atom. The van der Waals surface area contributed by atoms with Crippen LogP contribution < -0.4 is 11.1 Å². The Labute approximate surface area is 126 Å². The van der Waals surface area contributed by atoms with Crippen LogP contribution in [0, 0.1) is 25.2 Å². The fourth-order valence-electron chi connectivity index (χ4n) is 2.37. The summed E-state index contributed by atoms with van der Waals surface area (Å²) in [5.74, 6) is -0.0906. The van der Waals surface area contributed by atoms with Gasteiger partial charge in [-0.3, -0.25) is 4.79 Å². The fourth-order valence-corrected chi connectivity index (χ4v) is 3.30. The van der Waals surface area contributed by atoms with E-state index in [-0.39, 0.29) is 23.3 Å². The van der Waals surface area contributed by atoms with Crippen molar-refractivity contribution in [1.29, 1.82) is 0 Å². The minimum absolute atomic E-state index is 0.0114. The van der Waals surface area contributed by atoms with Gasteiger partial charge in [0, 0.05) is 11.4 Å². The molecule has 0 saturated heterocycles. The van der Waals surface area contributed by atoms with Gasteiger partial charge in [0.2, 0.25) is 5.91 Å². The molecule has 114 valence electrons. The molecule has 2 atom stereocenters. The van der Waals surface area contributed by atoms with Gasteiger partial charge in [-0.25, -0.2) is 4.98 Å². The molecule has 3 N–H and O–H groups in total. The summed E-state index contributed by atoms with van der Waals surface area (Å²) in [6.45, 7) is 12.7. The number of nitrogens with zero attached hydrogens (tertiary/aromatic N) is 1.